The summed E-state index contributed by atoms with van der Waals surface area (Å²) < 4.78 is 12.9. The maximum absolute atomic E-state index is 12.4. The summed E-state index contributed by atoms with van der Waals surface area (Å²) in [6.07, 6.45) is 5.20. The average Bonchev–Trinajstić information content (AvgIpc) is 3.16. The quantitative estimate of drug-likeness (QED) is 0.474. The number of aromatic nitrogens is 4. The van der Waals surface area contributed by atoms with Crippen molar-refractivity contribution in [1.29, 1.82) is 0 Å². The third-order valence-corrected chi connectivity index (χ3v) is 5.07. The highest BCUT2D eigenvalue weighted by Crippen LogP contribution is 2.32. The van der Waals surface area contributed by atoms with Gasteiger partial charge >= 0.3 is 0 Å². The molecule has 0 radical (unpaired) electrons. The van der Waals surface area contributed by atoms with Crippen molar-refractivity contribution in [2.75, 3.05) is 24.3 Å². The SMILES string of the molecule is C=CCn1c(SCC(=O)Nc2ccc3c(c2)OCCO3)nnc1-c1cccnc1. The van der Waals surface area contributed by atoms with Gasteiger partial charge in [-0.25, -0.2) is 0 Å². The van der Waals surface area contributed by atoms with Crippen LogP contribution in [0, 0.1) is 0 Å². The number of anilines is 1. The topological polar surface area (TPSA) is 91.2 Å². The molecule has 3 aromatic rings. The molecule has 3 heterocycles. The van der Waals surface area contributed by atoms with E-state index < -0.39 is 0 Å². The highest BCUT2D eigenvalue weighted by molar-refractivity contribution is 7.99. The number of ether oxygens (including phenoxy) is 2. The number of hydrogen-bond acceptors (Lipinski definition) is 7. The summed E-state index contributed by atoms with van der Waals surface area (Å²) in [4.78, 5) is 16.5. The molecule has 1 aromatic carbocycles. The minimum atomic E-state index is -0.150. The lowest BCUT2D eigenvalue weighted by molar-refractivity contribution is -0.113. The van der Waals surface area contributed by atoms with Crippen LogP contribution < -0.4 is 14.8 Å². The van der Waals surface area contributed by atoms with Gasteiger partial charge in [0, 0.05) is 36.3 Å². The Bertz CT molecular complexity index is 1020. The van der Waals surface area contributed by atoms with Crippen molar-refractivity contribution < 1.29 is 14.3 Å². The Morgan fingerprint density at radius 2 is 2.10 bits per heavy atom. The number of carbonyl (C=O) groups is 1. The Labute approximate surface area is 172 Å². The third kappa shape index (κ3) is 4.40. The second kappa shape index (κ2) is 8.78. The molecule has 0 aliphatic carbocycles. The van der Waals surface area contributed by atoms with Crippen LogP contribution in [-0.4, -0.2) is 44.6 Å². The lowest BCUT2D eigenvalue weighted by Crippen LogP contribution is -2.17. The van der Waals surface area contributed by atoms with Crippen molar-refractivity contribution in [1.82, 2.24) is 19.7 Å². The number of rotatable bonds is 7. The van der Waals surface area contributed by atoms with Crippen molar-refractivity contribution in [2.45, 2.75) is 11.7 Å². The number of fused-ring (bicyclic) bond motifs is 1. The van der Waals surface area contributed by atoms with E-state index in [0.717, 1.165) is 5.56 Å². The van der Waals surface area contributed by atoms with E-state index in [1.807, 2.05) is 16.7 Å². The molecule has 2 aromatic heterocycles. The van der Waals surface area contributed by atoms with Crippen molar-refractivity contribution in [3.63, 3.8) is 0 Å². The van der Waals surface area contributed by atoms with Gasteiger partial charge in [0.2, 0.25) is 5.91 Å². The van der Waals surface area contributed by atoms with E-state index in [1.54, 1.807) is 36.7 Å². The molecule has 29 heavy (non-hydrogen) atoms. The molecule has 8 nitrogen and oxygen atoms in total. The highest BCUT2D eigenvalue weighted by atomic mass is 32.2. The summed E-state index contributed by atoms with van der Waals surface area (Å²) >= 11 is 1.31. The van der Waals surface area contributed by atoms with Crippen LogP contribution in [-0.2, 0) is 11.3 Å². The van der Waals surface area contributed by atoms with Gasteiger partial charge < -0.3 is 14.8 Å². The minimum Gasteiger partial charge on any atom is -0.486 e. The van der Waals surface area contributed by atoms with Crippen LogP contribution in [0.25, 0.3) is 11.4 Å². The second-order valence-corrected chi connectivity index (χ2v) is 7.08. The van der Waals surface area contributed by atoms with E-state index in [0.29, 0.717) is 47.9 Å². The maximum atomic E-state index is 12.4. The number of amides is 1. The Kier molecular flexibility index (Phi) is 5.76. The van der Waals surface area contributed by atoms with Gasteiger partial charge in [0.15, 0.2) is 22.5 Å². The minimum absolute atomic E-state index is 0.150. The van der Waals surface area contributed by atoms with Crippen LogP contribution in [0.1, 0.15) is 0 Å². The zero-order valence-electron chi connectivity index (χ0n) is 15.6. The molecule has 9 heteroatoms. The molecular weight excluding hydrogens is 390 g/mol. The molecule has 0 spiro atoms. The molecule has 148 valence electrons. The van der Waals surface area contributed by atoms with Crippen LogP contribution in [0.15, 0.2) is 60.5 Å². The van der Waals surface area contributed by atoms with Crippen molar-refractivity contribution in [2.24, 2.45) is 0 Å². The number of allylic oxidation sites excluding steroid dienone is 1. The summed E-state index contributed by atoms with van der Waals surface area (Å²) in [5.74, 6) is 2.05. The fraction of sp³-hybridized carbons (Fsp3) is 0.200. The first-order valence-corrected chi connectivity index (χ1v) is 10.00. The first kappa shape index (κ1) is 19.0. The Hall–Kier alpha value is -3.33. The maximum Gasteiger partial charge on any atom is 0.234 e. The number of thioether (sulfide) groups is 1. The van der Waals surface area contributed by atoms with Crippen LogP contribution in [0.2, 0.25) is 0 Å². The first-order chi connectivity index (χ1) is 14.2. The van der Waals surface area contributed by atoms with Crippen LogP contribution in [0.3, 0.4) is 0 Å². The number of nitrogens with zero attached hydrogens (tertiary/aromatic N) is 4. The van der Waals surface area contributed by atoms with Crippen LogP contribution >= 0.6 is 11.8 Å². The summed E-state index contributed by atoms with van der Waals surface area (Å²) in [7, 11) is 0. The van der Waals surface area contributed by atoms with Gasteiger partial charge in [-0.15, -0.1) is 16.8 Å². The zero-order valence-corrected chi connectivity index (χ0v) is 16.4. The molecule has 1 N–H and O–H groups in total. The molecule has 0 saturated heterocycles. The van der Waals surface area contributed by atoms with Gasteiger partial charge in [0.05, 0.1) is 5.75 Å². The van der Waals surface area contributed by atoms with Gasteiger partial charge in [0.25, 0.3) is 0 Å². The fourth-order valence-electron chi connectivity index (χ4n) is 2.85. The lowest BCUT2D eigenvalue weighted by Gasteiger charge is -2.19. The summed E-state index contributed by atoms with van der Waals surface area (Å²) in [6, 6.07) is 9.10. The van der Waals surface area contributed by atoms with Crippen molar-refractivity contribution in [3.05, 3.63) is 55.4 Å². The number of carbonyl (C=O) groups excluding carboxylic acids is 1. The van der Waals surface area contributed by atoms with Gasteiger partial charge in [-0.05, 0) is 24.3 Å². The van der Waals surface area contributed by atoms with Crippen LogP contribution in [0.4, 0.5) is 5.69 Å². The molecule has 4 rings (SSSR count). The predicted molar refractivity (Wildman–Crippen MR) is 110 cm³/mol. The van der Waals surface area contributed by atoms with E-state index in [2.05, 4.69) is 27.1 Å². The summed E-state index contributed by atoms with van der Waals surface area (Å²) in [6.45, 7) is 5.35. The molecule has 1 aliphatic rings. The molecule has 1 aliphatic heterocycles. The molecule has 0 bridgehead atoms. The summed E-state index contributed by atoms with van der Waals surface area (Å²) in [5.41, 5.74) is 1.51. The Balaban J connectivity index is 1.43. The van der Waals surface area contributed by atoms with E-state index in [-0.39, 0.29) is 11.7 Å². The Morgan fingerprint density at radius 1 is 1.24 bits per heavy atom. The van der Waals surface area contributed by atoms with E-state index in [9.17, 15) is 4.79 Å². The fourth-order valence-corrected chi connectivity index (χ4v) is 3.59. The van der Waals surface area contributed by atoms with Crippen LogP contribution in [0.5, 0.6) is 11.5 Å². The van der Waals surface area contributed by atoms with Gasteiger partial charge in [0.1, 0.15) is 13.2 Å². The van der Waals surface area contributed by atoms with Crippen molar-refractivity contribution in [3.8, 4) is 22.9 Å². The first-order valence-electron chi connectivity index (χ1n) is 9.01. The van der Waals surface area contributed by atoms with Gasteiger partial charge in [-0.2, -0.15) is 0 Å². The number of benzene rings is 1. The van der Waals surface area contributed by atoms with E-state index >= 15 is 0 Å². The monoisotopic (exact) mass is 409 g/mol. The zero-order chi connectivity index (χ0) is 20.1. The van der Waals surface area contributed by atoms with E-state index in [1.165, 1.54) is 11.8 Å². The van der Waals surface area contributed by atoms with Gasteiger partial charge in [-0.3, -0.25) is 14.3 Å². The number of hydrogen-bond donors (Lipinski definition) is 1. The Morgan fingerprint density at radius 3 is 2.90 bits per heavy atom. The molecule has 0 atom stereocenters. The van der Waals surface area contributed by atoms with Gasteiger partial charge in [-0.1, -0.05) is 17.8 Å². The average molecular weight is 409 g/mol. The molecular formula is C20H19N5O3S. The van der Waals surface area contributed by atoms with Crippen molar-refractivity contribution >= 4 is 23.4 Å². The van der Waals surface area contributed by atoms with E-state index in [4.69, 9.17) is 9.47 Å². The summed E-state index contributed by atoms with van der Waals surface area (Å²) in [5, 5.41) is 12.0. The second-order valence-electron chi connectivity index (χ2n) is 6.14. The number of nitrogens with one attached hydrogen (secondary N) is 1. The lowest BCUT2D eigenvalue weighted by atomic mass is 10.2. The smallest absolute Gasteiger partial charge is 0.234 e. The molecule has 0 saturated carbocycles. The third-order valence-electron chi connectivity index (χ3n) is 4.11. The molecule has 1 amide bonds. The molecule has 0 fully saturated rings. The predicted octanol–water partition coefficient (Wildman–Crippen LogP) is 3.03. The normalized spacial score (nSPS) is 12.4. The standard InChI is InChI=1S/C20H19N5O3S/c1-2-8-25-19(14-4-3-7-21-12-14)23-24-20(25)29-13-18(26)22-15-5-6-16-17(11-15)28-10-9-27-16/h2-7,11-12H,1,8-10,13H2,(H,22,26). The molecule has 0 unspecified atom stereocenters. The number of pyridine rings is 1. The largest absolute Gasteiger partial charge is 0.486 e. The highest BCUT2D eigenvalue weighted by Gasteiger charge is 2.16.